The van der Waals surface area contributed by atoms with Crippen molar-refractivity contribution in [2.45, 2.75) is 0 Å². The molecule has 8 heteroatoms. The Morgan fingerprint density at radius 2 is 1.75 bits per heavy atom. The minimum Gasteiger partial charge on any atom is -0.493 e. The Labute approximate surface area is 165 Å². The highest BCUT2D eigenvalue weighted by Crippen LogP contribution is 2.33. The summed E-state index contributed by atoms with van der Waals surface area (Å²) >= 11 is 1.47. The molecular formula is C20H18N4O3S. The van der Waals surface area contributed by atoms with Crippen LogP contribution in [0.15, 0.2) is 55.1 Å². The molecule has 0 aliphatic rings. The zero-order valence-corrected chi connectivity index (χ0v) is 16.3. The van der Waals surface area contributed by atoms with E-state index in [9.17, 15) is 0 Å². The van der Waals surface area contributed by atoms with Crippen LogP contribution in [0.1, 0.15) is 0 Å². The molecule has 2 aromatic carbocycles. The summed E-state index contributed by atoms with van der Waals surface area (Å²) in [7, 11) is 3.21. The van der Waals surface area contributed by atoms with E-state index in [0.29, 0.717) is 28.9 Å². The number of methoxy groups -OCH3 is 2. The topological polar surface area (TPSA) is 70.8 Å². The monoisotopic (exact) mass is 394 g/mol. The summed E-state index contributed by atoms with van der Waals surface area (Å²) < 4.78 is 17.9. The van der Waals surface area contributed by atoms with Gasteiger partial charge in [-0.3, -0.25) is 0 Å². The Balaban J connectivity index is 1.68. The maximum Gasteiger partial charge on any atom is 0.235 e. The van der Waals surface area contributed by atoms with E-state index in [1.165, 1.54) is 11.3 Å². The summed E-state index contributed by atoms with van der Waals surface area (Å²) in [4.78, 5) is 0.715. The van der Waals surface area contributed by atoms with Crippen molar-refractivity contribution in [1.29, 1.82) is 0 Å². The molecule has 4 rings (SSSR count). The molecule has 0 unspecified atom stereocenters. The van der Waals surface area contributed by atoms with Gasteiger partial charge in [0.05, 0.1) is 14.2 Å². The first-order valence-corrected chi connectivity index (χ1v) is 9.34. The minimum absolute atomic E-state index is 0.477. The van der Waals surface area contributed by atoms with Crippen molar-refractivity contribution in [3.05, 3.63) is 55.1 Å². The average Bonchev–Trinajstić information content (AvgIpc) is 3.33. The minimum atomic E-state index is 0.477. The van der Waals surface area contributed by atoms with Crippen molar-refractivity contribution >= 4 is 16.3 Å². The Morgan fingerprint density at radius 1 is 1.00 bits per heavy atom. The van der Waals surface area contributed by atoms with Crippen LogP contribution in [0.4, 0.5) is 0 Å². The highest BCUT2D eigenvalue weighted by Gasteiger charge is 2.16. The van der Waals surface area contributed by atoms with Crippen molar-refractivity contribution in [3.63, 3.8) is 0 Å². The molecule has 28 heavy (non-hydrogen) atoms. The fourth-order valence-electron chi connectivity index (χ4n) is 2.74. The quantitative estimate of drug-likeness (QED) is 0.440. The number of rotatable bonds is 7. The van der Waals surface area contributed by atoms with E-state index in [-0.39, 0.29) is 0 Å². The molecule has 0 saturated carbocycles. The lowest BCUT2D eigenvalue weighted by atomic mass is 10.2. The third-order valence-electron chi connectivity index (χ3n) is 4.10. The standard InChI is InChI=1S/C20H18N4O3S/c1-4-11-27-15-8-5-13(6-9-15)19-23-24-18(21-22-20(24)28-19)14-7-10-16(25-2)17(12-14)26-3/h4-10,12H,1,11H2,2-3H3. The lowest BCUT2D eigenvalue weighted by Gasteiger charge is -2.08. The van der Waals surface area contributed by atoms with Crippen LogP contribution in [-0.2, 0) is 0 Å². The van der Waals surface area contributed by atoms with Gasteiger partial charge < -0.3 is 14.2 Å². The summed E-state index contributed by atoms with van der Waals surface area (Å²) in [5.74, 6) is 2.72. The fraction of sp³-hybridized carbons (Fsp3) is 0.150. The van der Waals surface area contributed by atoms with Crippen LogP contribution in [0.2, 0.25) is 0 Å². The average molecular weight is 394 g/mol. The highest BCUT2D eigenvalue weighted by atomic mass is 32.1. The molecule has 0 amide bonds. The van der Waals surface area contributed by atoms with Crippen LogP contribution in [-0.4, -0.2) is 40.6 Å². The van der Waals surface area contributed by atoms with Gasteiger partial charge in [-0.25, -0.2) is 0 Å². The maximum atomic E-state index is 5.52. The third-order valence-corrected chi connectivity index (χ3v) is 5.05. The van der Waals surface area contributed by atoms with Gasteiger partial charge in [0.2, 0.25) is 4.96 Å². The molecule has 2 heterocycles. The van der Waals surface area contributed by atoms with Gasteiger partial charge in [0.1, 0.15) is 17.4 Å². The van der Waals surface area contributed by atoms with Crippen LogP contribution in [0.25, 0.3) is 26.9 Å². The van der Waals surface area contributed by atoms with E-state index in [1.807, 2.05) is 42.5 Å². The van der Waals surface area contributed by atoms with E-state index in [1.54, 1.807) is 24.8 Å². The molecule has 142 valence electrons. The van der Waals surface area contributed by atoms with E-state index in [2.05, 4.69) is 16.8 Å². The van der Waals surface area contributed by atoms with Crippen LogP contribution < -0.4 is 14.2 Å². The van der Waals surface area contributed by atoms with Gasteiger partial charge in [-0.1, -0.05) is 24.0 Å². The first kappa shape index (κ1) is 18.0. The molecule has 0 radical (unpaired) electrons. The van der Waals surface area contributed by atoms with Crippen molar-refractivity contribution < 1.29 is 14.2 Å². The fourth-order valence-corrected chi connectivity index (χ4v) is 3.58. The number of hydrogen-bond acceptors (Lipinski definition) is 7. The zero-order valence-electron chi connectivity index (χ0n) is 15.5. The molecule has 7 nitrogen and oxygen atoms in total. The Hall–Kier alpha value is -3.39. The summed E-state index contributed by atoms with van der Waals surface area (Å²) in [5, 5.41) is 14.1. The third kappa shape index (κ3) is 3.29. The van der Waals surface area contributed by atoms with Crippen molar-refractivity contribution in [2.24, 2.45) is 0 Å². The van der Waals surface area contributed by atoms with E-state index >= 15 is 0 Å². The van der Waals surface area contributed by atoms with Crippen LogP contribution in [0, 0.1) is 0 Å². The summed E-state index contributed by atoms with van der Waals surface area (Å²) in [6.07, 6.45) is 1.71. The molecule has 0 saturated heterocycles. The molecule has 0 aliphatic carbocycles. The molecule has 4 aromatic rings. The van der Waals surface area contributed by atoms with E-state index < -0.39 is 0 Å². The van der Waals surface area contributed by atoms with Gasteiger partial charge in [0.25, 0.3) is 0 Å². The second-order valence-corrected chi connectivity index (χ2v) is 6.77. The van der Waals surface area contributed by atoms with Crippen LogP contribution in [0.3, 0.4) is 0 Å². The largest absolute Gasteiger partial charge is 0.493 e. The van der Waals surface area contributed by atoms with Crippen LogP contribution >= 0.6 is 11.3 Å². The van der Waals surface area contributed by atoms with E-state index in [4.69, 9.17) is 19.3 Å². The number of benzene rings is 2. The van der Waals surface area contributed by atoms with Crippen molar-refractivity contribution in [3.8, 4) is 39.2 Å². The number of fused-ring (bicyclic) bond motifs is 1. The molecule has 0 atom stereocenters. The Morgan fingerprint density at radius 3 is 2.46 bits per heavy atom. The van der Waals surface area contributed by atoms with Gasteiger partial charge in [-0.2, -0.15) is 9.61 Å². The number of hydrogen-bond donors (Lipinski definition) is 0. The molecule has 0 fully saturated rings. The molecular weight excluding hydrogens is 376 g/mol. The van der Waals surface area contributed by atoms with Gasteiger partial charge in [-0.05, 0) is 42.5 Å². The second kappa shape index (κ2) is 7.69. The van der Waals surface area contributed by atoms with Gasteiger partial charge in [0.15, 0.2) is 17.3 Å². The molecule has 0 N–H and O–H groups in total. The lowest BCUT2D eigenvalue weighted by molar-refractivity contribution is 0.355. The zero-order chi connectivity index (χ0) is 19.5. The number of aromatic nitrogens is 4. The highest BCUT2D eigenvalue weighted by molar-refractivity contribution is 7.19. The SMILES string of the molecule is C=CCOc1ccc(-c2nn3c(-c4ccc(OC)c(OC)c4)nnc3s2)cc1. The number of nitrogens with zero attached hydrogens (tertiary/aromatic N) is 4. The summed E-state index contributed by atoms with van der Waals surface area (Å²) in [5.41, 5.74) is 1.83. The summed E-state index contributed by atoms with van der Waals surface area (Å²) in [6.45, 7) is 4.13. The van der Waals surface area contributed by atoms with Gasteiger partial charge in [-0.15, -0.1) is 10.2 Å². The van der Waals surface area contributed by atoms with Crippen LogP contribution in [0.5, 0.6) is 17.2 Å². The predicted octanol–water partition coefficient (Wildman–Crippen LogP) is 4.10. The van der Waals surface area contributed by atoms with Crippen molar-refractivity contribution in [1.82, 2.24) is 19.8 Å². The van der Waals surface area contributed by atoms with Gasteiger partial charge in [0, 0.05) is 11.1 Å². The Kier molecular flexibility index (Phi) is 4.94. The Bertz CT molecular complexity index is 1120. The smallest absolute Gasteiger partial charge is 0.235 e. The van der Waals surface area contributed by atoms with E-state index in [0.717, 1.165) is 21.9 Å². The molecule has 0 aliphatic heterocycles. The molecule has 2 aromatic heterocycles. The van der Waals surface area contributed by atoms with Gasteiger partial charge >= 0.3 is 0 Å². The first-order chi connectivity index (χ1) is 13.7. The molecule has 0 spiro atoms. The van der Waals surface area contributed by atoms with Crippen molar-refractivity contribution in [2.75, 3.05) is 20.8 Å². The second-order valence-electron chi connectivity index (χ2n) is 5.82. The summed E-state index contributed by atoms with van der Waals surface area (Å²) in [6, 6.07) is 13.4. The normalized spacial score (nSPS) is 10.8. The molecule has 0 bridgehead atoms. The first-order valence-electron chi connectivity index (χ1n) is 8.52. The predicted molar refractivity (Wildman–Crippen MR) is 108 cm³/mol. The maximum absolute atomic E-state index is 5.52. The number of ether oxygens (including phenoxy) is 3. The lowest BCUT2D eigenvalue weighted by Crippen LogP contribution is -1.94.